The first kappa shape index (κ1) is 17.2. The molecule has 4 N–H and O–H groups in total. The highest BCUT2D eigenvalue weighted by atomic mass is 16.4. The zero-order valence-corrected chi connectivity index (χ0v) is 12.2. The Morgan fingerprint density at radius 1 is 1.24 bits per heavy atom. The fourth-order valence-corrected chi connectivity index (χ4v) is 2.12. The van der Waals surface area contributed by atoms with Crippen LogP contribution in [0.5, 0.6) is 0 Å². The van der Waals surface area contributed by atoms with E-state index < -0.39 is 30.4 Å². The molecule has 1 unspecified atom stereocenters. The van der Waals surface area contributed by atoms with E-state index >= 15 is 0 Å². The number of nitrogens with one attached hydrogen (secondary N) is 2. The lowest BCUT2D eigenvalue weighted by Crippen LogP contribution is -2.56. The molecule has 0 aromatic carbocycles. The van der Waals surface area contributed by atoms with Crippen molar-refractivity contribution in [2.45, 2.75) is 18.5 Å². The number of hydrogen-bond acceptors (Lipinski definition) is 5. The minimum Gasteiger partial charge on any atom is -0.481 e. The molecule has 2 amide bonds. The van der Waals surface area contributed by atoms with Crippen LogP contribution in [-0.4, -0.2) is 90.3 Å². The second kappa shape index (κ2) is 7.79. The number of nitrogens with zero attached hydrogens (tertiary/aromatic N) is 2. The van der Waals surface area contributed by atoms with Gasteiger partial charge in [0.05, 0.1) is 6.42 Å². The molecular weight excluding hydrogens is 280 g/mol. The summed E-state index contributed by atoms with van der Waals surface area (Å²) in [5.74, 6) is -2.65. The molecule has 9 heteroatoms. The first-order valence-electron chi connectivity index (χ1n) is 6.67. The maximum atomic E-state index is 11.7. The van der Waals surface area contributed by atoms with Crippen LogP contribution in [0, 0.1) is 0 Å². The van der Waals surface area contributed by atoms with Crippen molar-refractivity contribution in [1.29, 1.82) is 0 Å². The summed E-state index contributed by atoms with van der Waals surface area (Å²) in [6.07, 6.45) is -0.658. The van der Waals surface area contributed by atoms with E-state index in [1.807, 2.05) is 14.1 Å². The molecule has 0 spiro atoms. The summed E-state index contributed by atoms with van der Waals surface area (Å²) in [4.78, 5) is 37.3. The van der Waals surface area contributed by atoms with E-state index in [-0.39, 0.29) is 6.04 Å². The number of carbonyl (C=O) groups is 3. The summed E-state index contributed by atoms with van der Waals surface area (Å²) in [6, 6.07) is -1.98. The number of carboxylic acid groups (broad SMARTS) is 2. The van der Waals surface area contributed by atoms with E-state index in [9.17, 15) is 14.4 Å². The number of rotatable bonds is 6. The van der Waals surface area contributed by atoms with Gasteiger partial charge >= 0.3 is 18.0 Å². The number of urea groups is 1. The molecular formula is C12H22N4O5. The molecule has 2 atom stereocenters. The number of carboxylic acids is 2. The largest absolute Gasteiger partial charge is 0.481 e. The molecule has 0 aromatic rings. The van der Waals surface area contributed by atoms with Crippen LogP contribution in [0.1, 0.15) is 6.42 Å². The van der Waals surface area contributed by atoms with Gasteiger partial charge in [-0.1, -0.05) is 0 Å². The van der Waals surface area contributed by atoms with Crippen molar-refractivity contribution in [3.05, 3.63) is 0 Å². The quantitative estimate of drug-likeness (QED) is 0.469. The Balaban J connectivity index is 2.41. The van der Waals surface area contributed by atoms with Gasteiger partial charge in [0, 0.05) is 32.2 Å². The Labute approximate surface area is 122 Å². The summed E-state index contributed by atoms with van der Waals surface area (Å²) >= 11 is 0. The van der Waals surface area contributed by atoms with Crippen molar-refractivity contribution < 1.29 is 24.6 Å². The smallest absolute Gasteiger partial charge is 0.326 e. The van der Waals surface area contributed by atoms with Crippen molar-refractivity contribution in [2.75, 3.05) is 40.3 Å². The Kier molecular flexibility index (Phi) is 6.38. The van der Waals surface area contributed by atoms with Crippen molar-refractivity contribution in [1.82, 2.24) is 20.4 Å². The minimum absolute atomic E-state index is 0.136. The number of piperazine rings is 1. The summed E-state index contributed by atoms with van der Waals surface area (Å²) in [5, 5.41) is 22.2. The van der Waals surface area contributed by atoms with Gasteiger partial charge in [0.15, 0.2) is 0 Å². The van der Waals surface area contributed by atoms with Crippen LogP contribution in [0.2, 0.25) is 0 Å². The Morgan fingerprint density at radius 3 is 2.48 bits per heavy atom. The fraction of sp³-hybridized carbons (Fsp3) is 0.750. The van der Waals surface area contributed by atoms with Crippen LogP contribution in [-0.2, 0) is 9.59 Å². The van der Waals surface area contributed by atoms with Gasteiger partial charge in [0.2, 0.25) is 0 Å². The van der Waals surface area contributed by atoms with Crippen molar-refractivity contribution >= 4 is 18.0 Å². The summed E-state index contributed by atoms with van der Waals surface area (Å²) in [7, 11) is 3.95. The van der Waals surface area contributed by atoms with E-state index in [0.717, 1.165) is 19.6 Å². The first-order valence-corrected chi connectivity index (χ1v) is 6.67. The molecule has 0 bridgehead atoms. The third-order valence-corrected chi connectivity index (χ3v) is 3.46. The van der Waals surface area contributed by atoms with Crippen LogP contribution < -0.4 is 10.6 Å². The zero-order valence-electron chi connectivity index (χ0n) is 12.2. The predicted molar refractivity (Wildman–Crippen MR) is 74.1 cm³/mol. The highest BCUT2D eigenvalue weighted by Crippen LogP contribution is 2.04. The molecule has 0 aromatic heterocycles. The third-order valence-electron chi connectivity index (χ3n) is 3.46. The maximum absolute atomic E-state index is 11.7. The molecule has 21 heavy (non-hydrogen) atoms. The first-order chi connectivity index (χ1) is 9.79. The average molecular weight is 302 g/mol. The normalized spacial score (nSPS) is 21.5. The minimum atomic E-state index is -1.44. The molecule has 0 radical (unpaired) electrons. The van der Waals surface area contributed by atoms with E-state index in [2.05, 4.69) is 20.4 Å². The molecule has 1 heterocycles. The monoisotopic (exact) mass is 302 g/mol. The Morgan fingerprint density at radius 2 is 1.90 bits per heavy atom. The predicted octanol–water partition coefficient (Wildman–Crippen LogP) is -1.54. The lowest BCUT2D eigenvalue weighted by Gasteiger charge is -2.37. The number of hydrogen-bond donors (Lipinski definition) is 4. The van der Waals surface area contributed by atoms with Crippen LogP contribution in [0.3, 0.4) is 0 Å². The summed E-state index contributed by atoms with van der Waals surface area (Å²) in [6.45, 7) is 3.01. The fourth-order valence-electron chi connectivity index (χ4n) is 2.12. The van der Waals surface area contributed by atoms with Gasteiger partial charge in [-0.3, -0.25) is 9.69 Å². The maximum Gasteiger partial charge on any atom is 0.326 e. The number of likely N-dealkylation sites (N-methyl/N-ethyl adjacent to an activating group) is 2. The van der Waals surface area contributed by atoms with E-state index in [1.54, 1.807) is 0 Å². The molecule has 1 aliphatic rings. The molecule has 1 aliphatic heterocycles. The second-order valence-electron chi connectivity index (χ2n) is 5.24. The Hall–Kier alpha value is -1.87. The molecule has 1 fully saturated rings. The van der Waals surface area contributed by atoms with Crippen LogP contribution in [0.15, 0.2) is 0 Å². The number of aliphatic carboxylic acids is 2. The van der Waals surface area contributed by atoms with Crippen molar-refractivity contribution in [3.63, 3.8) is 0 Å². The van der Waals surface area contributed by atoms with Gasteiger partial charge < -0.3 is 25.7 Å². The van der Waals surface area contributed by atoms with E-state index in [0.29, 0.717) is 6.54 Å². The molecule has 9 nitrogen and oxygen atoms in total. The molecule has 0 saturated carbocycles. The number of carbonyl (C=O) groups excluding carboxylic acids is 1. The topological polar surface area (TPSA) is 122 Å². The average Bonchev–Trinajstić information content (AvgIpc) is 2.38. The molecule has 1 rings (SSSR count). The van der Waals surface area contributed by atoms with Crippen LogP contribution in [0.25, 0.3) is 0 Å². The van der Waals surface area contributed by atoms with E-state index in [4.69, 9.17) is 10.2 Å². The zero-order chi connectivity index (χ0) is 16.0. The lowest BCUT2D eigenvalue weighted by atomic mass is 10.2. The lowest BCUT2D eigenvalue weighted by molar-refractivity contribution is -0.145. The Bertz CT molecular complexity index is 403. The van der Waals surface area contributed by atoms with Gasteiger partial charge in [-0.15, -0.1) is 0 Å². The highest BCUT2D eigenvalue weighted by Gasteiger charge is 2.25. The van der Waals surface area contributed by atoms with Crippen molar-refractivity contribution in [2.24, 2.45) is 0 Å². The van der Waals surface area contributed by atoms with Gasteiger partial charge in [-0.2, -0.15) is 0 Å². The third kappa shape index (κ3) is 5.96. The van der Waals surface area contributed by atoms with Gasteiger partial charge in [0.1, 0.15) is 6.04 Å². The SMILES string of the molecule is CN1CCN(C)C(CNC(=O)N[C@@H](CC(=O)O)C(=O)O)C1. The summed E-state index contributed by atoms with van der Waals surface area (Å²) < 4.78 is 0. The summed E-state index contributed by atoms with van der Waals surface area (Å²) in [5.41, 5.74) is 0. The van der Waals surface area contributed by atoms with Gasteiger partial charge in [-0.25, -0.2) is 9.59 Å². The van der Waals surface area contributed by atoms with Crippen molar-refractivity contribution in [3.8, 4) is 0 Å². The second-order valence-corrected chi connectivity index (χ2v) is 5.24. The molecule has 120 valence electrons. The molecule has 0 aliphatic carbocycles. The molecule has 1 saturated heterocycles. The van der Waals surface area contributed by atoms with Gasteiger partial charge in [-0.05, 0) is 14.1 Å². The number of amides is 2. The van der Waals surface area contributed by atoms with Gasteiger partial charge in [0.25, 0.3) is 0 Å². The van der Waals surface area contributed by atoms with Crippen LogP contribution in [0.4, 0.5) is 4.79 Å². The standard InChI is InChI=1S/C12H22N4O5/c1-15-3-4-16(2)8(7-15)6-13-12(21)14-9(11(19)20)5-10(17)18/h8-9H,3-7H2,1-2H3,(H,17,18)(H,19,20)(H2,13,14,21)/t8?,9-/m0/s1. The van der Waals surface area contributed by atoms with Crippen LogP contribution >= 0.6 is 0 Å². The van der Waals surface area contributed by atoms with E-state index in [1.165, 1.54) is 0 Å². The highest BCUT2D eigenvalue weighted by molar-refractivity contribution is 5.86.